The van der Waals surface area contributed by atoms with Crippen LogP contribution in [-0.4, -0.2) is 31.6 Å². The van der Waals surface area contributed by atoms with Crippen LogP contribution < -0.4 is 19.5 Å². The van der Waals surface area contributed by atoms with Gasteiger partial charge in [0.2, 0.25) is 0 Å². The summed E-state index contributed by atoms with van der Waals surface area (Å²) >= 11 is 0. The maximum atomic E-state index is 12.2. The number of esters is 1. The van der Waals surface area contributed by atoms with E-state index in [9.17, 15) is 14.9 Å². The molecule has 0 aliphatic carbocycles. The van der Waals surface area contributed by atoms with Crippen molar-refractivity contribution in [2.45, 2.75) is 33.2 Å². The molecule has 1 amide bonds. The Hall–Kier alpha value is -3.79. The SMILES string of the molecule is CCc1ccc(OCC(=O)Oc2ccc(/C=C(\C#N)C(=O)NC(C)C)cc2OC)cc1. The fourth-order valence-electron chi connectivity index (χ4n) is 2.63. The van der Waals surface area contributed by atoms with Gasteiger partial charge < -0.3 is 19.5 Å². The standard InChI is InChI=1S/C24H26N2O5/c1-5-17-6-9-20(10-7-17)30-15-23(27)31-21-11-8-18(13-22(21)29-4)12-19(14-25)24(28)26-16(2)3/h6-13,16H,5,15H2,1-4H3,(H,26,28)/b19-12+. The van der Waals surface area contributed by atoms with Gasteiger partial charge in [0.1, 0.15) is 17.4 Å². The van der Waals surface area contributed by atoms with Crippen molar-refractivity contribution in [3.8, 4) is 23.3 Å². The van der Waals surface area contributed by atoms with Crippen molar-refractivity contribution in [1.29, 1.82) is 5.26 Å². The number of benzene rings is 2. The number of nitriles is 1. The zero-order valence-corrected chi connectivity index (χ0v) is 18.1. The summed E-state index contributed by atoms with van der Waals surface area (Å²) < 4.78 is 16.1. The minimum atomic E-state index is -0.588. The number of carbonyl (C=O) groups excluding carboxylic acids is 2. The Morgan fingerprint density at radius 3 is 2.42 bits per heavy atom. The van der Waals surface area contributed by atoms with Crippen LogP contribution in [-0.2, 0) is 16.0 Å². The number of rotatable bonds is 9. The number of amides is 1. The topological polar surface area (TPSA) is 97.7 Å². The molecule has 0 radical (unpaired) electrons. The highest BCUT2D eigenvalue weighted by atomic mass is 16.6. The molecular weight excluding hydrogens is 396 g/mol. The highest BCUT2D eigenvalue weighted by Gasteiger charge is 2.14. The maximum Gasteiger partial charge on any atom is 0.349 e. The third-order valence-electron chi connectivity index (χ3n) is 4.20. The Morgan fingerprint density at radius 2 is 1.84 bits per heavy atom. The van der Waals surface area contributed by atoms with E-state index in [0.717, 1.165) is 6.42 Å². The molecule has 0 heterocycles. The van der Waals surface area contributed by atoms with Gasteiger partial charge in [-0.15, -0.1) is 0 Å². The Bertz CT molecular complexity index is 988. The zero-order chi connectivity index (χ0) is 22.8. The molecule has 0 atom stereocenters. The van der Waals surface area contributed by atoms with Crippen LogP contribution in [0.15, 0.2) is 48.0 Å². The second kappa shape index (κ2) is 11.4. The third kappa shape index (κ3) is 7.19. The molecule has 2 aromatic carbocycles. The van der Waals surface area contributed by atoms with Crippen LogP contribution >= 0.6 is 0 Å². The minimum Gasteiger partial charge on any atom is -0.493 e. The summed E-state index contributed by atoms with van der Waals surface area (Å²) in [5.74, 6) is 0.0206. The number of methoxy groups -OCH3 is 1. The predicted molar refractivity (Wildman–Crippen MR) is 117 cm³/mol. The average Bonchev–Trinajstić information content (AvgIpc) is 2.76. The van der Waals surface area contributed by atoms with E-state index in [1.54, 1.807) is 24.3 Å². The summed E-state index contributed by atoms with van der Waals surface area (Å²) in [4.78, 5) is 24.2. The van der Waals surface area contributed by atoms with Crippen LogP contribution in [0.4, 0.5) is 0 Å². The number of nitrogens with one attached hydrogen (secondary N) is 1. The van der Waals surface area contributed by atoms with Gasteiger partial charge in [0.25, 0.3) is 5.91 Å². The van der Waals surface area contributed by atoms with Gasteiger partial charge in [-0.1, -0.05) is 25.1 Å². The van der Waals surface area contributed by atoms with Crippen molar-refractivity contribution < 1.29 is 23.8 Å². The van der Waals surface area contributed by atoms with Gasteiger partial charge in [0, 0.05) is 6.04 Å². The predicted octanol–water partition coefficient (Wildman–Crippen LogP) is 3.67. The monoisotopic (exact) mass is 422 g/mol. The van der Waals surface area contributed by atoms with Crippen LogP contribution in [0.2, 0.25) is 0 Å². The lowest BCUT2D eigenvalue weighted by atomic mass is 10.1. The molecule has 1 N–H and O–H groups in total. The van der Waals surface area contributed by atoms with E-state index in [1.807, 2.05) is 32.0 Å². The molecule has 0 bridgehead atoms. The van der Waals surface area contributed by atoms with Gasteiger partial charge in [-0.2, -0.15) is 5.26 Å². The van der Waals surface area contributed by atoms with Gasteiger partial charge >= 0.3 is 5.97 Å². The molecule has 2 rings (SSSR count). The van der Waals surface area contributed by atoms with Gasteiger partial charge in [0.05, 0.1) is 7.11 Å². The lowest BCUT2D eigenvalue weighted by Crippen LogP contribution is -2.30. The van der Waals surface area contributed by atoms with Gasteiger partial charge in [-0.05, 0) is 61.7 Å². The van der Waals surface area contributed by atoms with Crippen molar-refractivity contribution in [2.24, 2.45) is 0 Å². The Morgan fingerprint density at radius 1 is 1.13 bits per heavy atom. The molecule has 0 spiro atoms. The fourth-order valence-corrected chi connectivity index (χ4v) is 2.63. The van der Waals surface area contributed by atoms with Gasteiger partial charge in [-0.3, -0.25) is 4.79 Å². The summed E-state index contributed by atoms with van der Waals surface area (Å²) in [6, 6.07) is 14.0. The third-order valence-corrected chi connectivity index (χ3v) is 4.20. The molecule has 0 aliphatic heterocycles. The molecule has 7 nitrogen and oxygen atoms in total. The second-order valence-electron chi connectivity index (χ2n) is 6.97. The molecular formula is C24H26N2O5. The summed E-state index contributed by atoms with van der Waals surface area (Å²) in [5.41, 5.74) is 1.69. The van der Waals surface area contributed by atoms with E-state index in [4.69, 9.17) is 14.2 Å². The van der Waals surface area contributed by atoms with E-state index < -0.39 is 11.9 Å². The first-order chi connectivity index (χ1) is 14.9. The molecule has 2 aromatic rings. The smallest absolute Gasteiger partial charge is 0.349 e. The van der Waals surface area contributed by atoms with Crippen molar-refractivity contribution in [3.05, 3.63) is 59.2 Å². The van der Waals surface area contributed by atoms with Gasteiger partial charge in [-0.25, -0.2) is 4.79 Å². The summed E-state index contributed by atoms with van der Waals surface area (Å²) in [6.07, 6.45) is 2.36. The number of hydrogen-bond donors (Lipinski definition) is 1. The molecule has 0 saturated heterocycles. The van der Waals surface area contributed by atoms with Crippen LogP contribution in [0.1, 0.15) is 31.9 Å². The van der Waals surface area contributed by atoms with E-state index >= 15 is 0 Å². The maximum absolute atomic E-state index is 12.2. The largest absolute Gasteiger partial charge is 0.493 e. The molecule has 0 fully saturated rings. The highest BCUT2D eigenvalue weighted by Crippen LogP contribution is 2.29. The van der Waals surface area contributed by atoms with Crippen molar-refractivity contribution >= 4 is 18.0 Å². The number of ether oxygens (including phenoxy) is 3. The second-order valence-corrected chi connectivity index (χ2v) is 6.97. The number of nitrogens with zero attached hydrogens (tertiary/aromatic N) is 1. The summed E-state index contributed by atoms with van der Waals surface area (Å²) in [6.45, 7) is 5.42. The number of carbonyl (C=O) groups is 2. The highest BCUT2D eigenvalue weighted by molar-refractivity contribution is 6.01. The van der Waals surface area contributed by atoms with Crippen molar-refractivity contribution in [2.75, 3.05) is 13.7 Å². The van der Waals surface area contributed by atoms with Crippen LogP contribution in [0.25, 0.3) is 6.08 Å². The zero-order valence-electron chi connectivity index (χ0n) is 18.1. The fraction of sp³-hybridized carbons (Fsp3) is 0.292. The molecule has 0 saturated carbocycles. The minimum absolute atomic E-state index is 0.0389. The molecule has 162 valence electrons. The number of aryl methyl sites for hydroxylation is 1. The van der Waals surface area contributed by atoms with E-state index in [-0.39, 0.29) is 29.7 Å². The van der Waals surface area contributed by atoms with Gasteiger partial charge in [0.15, 0.2) is 18.1 Å². The molecule has 7 heteroatoms. The van der Waals surface area contributed by atoms with Crippen LogP contribution in [0, 0.1) is 11.3 Å². The van der Waals surface area contributed by atoms with E-state index in [1.165, 1.54) is 24.8 Å². The quantitative estimate of drug-likeness (QED) is 0.287. The molecule has 0 unspecified atom stereocenters. The van der Waals surface area contributed by atoms with E-state index in [2.05, 4.69) is 12.2 Å². The molecule has 31 heavy (non-hydrogen) atoms. The first kappa shape index (κ1) is 23.5. The number of hydrogen-bond acceptors (Lipinski definition) is 6. The Kier molecular flexibility index (Phi) is 8.64. The van der Waals surface area contributed by atoms with Crippen LogP contribution in [0.3, 0.4) is 0 Å². The molecule has 0 aliphatic rings. The lowest BCUT2D eigenvalue weighted by molar-refractivity contribution is -0.136. The lowest BCUT2D eigenvalue weighted by Gasteiger charge is -2.11. The Labute approximate surface area is 182 Å². The Balaban J connectivity index is 2.06. The molecule has 0 aromatic heterocycles. The normalized spacial score (nSPS) is 10.9. The summed E-state index contributed by atoms with van der Waals surface area (Å²) in [5, 5.41) is 11.9. The first-order valence-electron chi connectivity index (χ1n) is 9.89. The average molecular weight is 422 g/mol. The van der Waals surface area contributed by atoms with Crippen molar-refractivity contribution in [1.82, 2.24) is 5.32 Å². The first-order valence-corrected chi connectivity index (χ1v) is 9.89. The van der Waals surface area contributed by atoms with E-state index in [0.29, 0.717) is 11.3 Å². The summed E-state index contributed by atoms with van der Waals surface area (Å²) in [7, 11) is 1.43. The van der Waals surface area contributed by atoms with Crippen LogP contribution in [0.5, 0.6) is 17.2 Å². The van der Waals surface area contributed by atoms with Crippen molar-refractivity contribution in [3.63, 3.8) is 0 Å².